The Morgan fingerprint density at radius 2 is 1.91 bits per heavy atom. The number of hydrogen-bond acceptors (Lipinski definition) is 5. The average molecular weight is 315 g/mol. The van der Waals surface area contributed by atoms with Gasteiger partial charge >= 0.3 is 0 Å². The van der Waals surface area contributed by atoms with Crippen LogP contribution in [0.4, 0.5) is 5.69 Å². The number of aryl methyl sites for hydroxylation is 1. The summed E-state index contributed by atoms with van der Waals surface area (Å²) >= 11 is 0. The molecule has 0 spiro atoms. The summed E-state index contributed by atoms with van der Waals surface area (Å²) in [5.74, 6) is 0.836. The molecule has 1 aromatic carbocycles. The number of anilines is 1. The Morgan fingerprint density at radius 1 is 1.13 bits per heavy atom. The van der Waals surface area contributed by atoms with E-state index < -0.39 is 0 Å². The molecule has 1 aliphatic heterocycles. The molecule has 2 heterocycles. The van der Waals surface area contributed by atoms with Gasteiger partial charge in [0, 0.05) is 51.4 Å². The van der Waals surface area contributed by atoms with Gasteiger partial charge in [-0.15, -0.1) is 0 Å². The number of para-hydroxylation sites is 1. The van der Waals surface area contributed by atoms with Gasteiger partial charge in [0.1, 0.15) is 11.3 Å². The third-order valence-corrected chi connectivity index (χ3v) is 4.54. The lowest BCUT2D eigenvalue weighted by molar-refractivity contribution is 0.144. The third kappa shape index (κ3) is 3.26. The van der Waals surface area contributed by atoms with Crippen molar-refractivity contribution in [2.24, 2.45) is 0 Å². The van der Waals surface area contributed by atoms with E-state index in [2.05, 4.69) is 27.8 Å². The first kappa shape index (κ1) is 16.0. The van der Waals surface area contributed by atoms with Gasteiger partial charge in [0.05, 0.1) is 19.4 Å². The molecular weight excluding hydrogens is 290 g/mol. The Morgan fingerprint density at radius 3 is 2.61 bits per heavy atom. The molecule has 1 aromatic heterocycles. The lowest BCUT2D eigenvalue weighted by Gasteiger charge is -2.37. The molecule has 0 saturated carbocycles. The van der Waals surface area contributed by atoms with E-state index in [-0.39, 0.29) is 0 Å². The number of benzene rings is 1. The minimum atomic E-state index is 0.800. The molecule has 0 amide bonds. The zero-order chi connectivity index (χ0) is 16.2. The van der Waals surface area contributed by atoms with Crippen LogP contribution < -0.4 is 9.64 Å². The van der Waals surface area contributed by atoms with Crippen molar-refractivity contribution in [1.82, 2.24) is 9.88 Å². The molecule has 0 radical (unpaired) electrons. The Hall–Kier alpha value is -1.85. The van der Waals surface area contributed by atoms with E-state index in [0.29, 0.717) is 0 Å². The van der Waals surface area contributed by atoms with Crippen LogP contribution in [-0.2, 0) is 4.74 Å². The van der Waals surface area contributed by atoms with Gasteiger partial charge in [-0.3, -0.25) is 9.88 Å². The van der Waals surface area contributed by atoms with Gasteiger partial charge in [0.15, 0.2) is 0 Å². The minimum absolute atomic E-state index is 0.800. The van der Waals surface area contributed by atoms with Crippen LogP contribution in [0.25, 0.3) is 10.9 Å². The number of aromatic nitrogens is 1. The van der Waals surface area contributed by atoms with E-state index >= 15 is 0 Å². The van der Waals surface area contributed by atoms with Gasteiger partial charge in [-0.25, -0.2) is 0 Å². The number of nitrogens with zero attached hydrogens (tertiary/aromatic N) is 3. The van der Waals surface area contributed by atoms with Crippen molar-refractivity contribution < 1.29 is 9.47 Å². The molecule has 1 fully saturated rings. The van der Waals surface area contributed by atoms with E-state index in [1.165, 1.54) is 16.6 Å². The van der Waals surface area contributed by atoms with Crippen molar-refractivity contribution in [3.63, 3.8) is 0 Å². The van der Waals surface area contributed by atoms with Crippen molar-refractivity contribution in [1.29, 1.82) is 0 Å². The van der Waals surface area contributed by atoms with Crippen LogP contribution in [0, 0.1) is 6.92 Å². The molecule has 2 aromatic rings. The average Bonchev–Trinajstić information content (AvgIpc) is 2.60. The van der Waals surface area contributed by atoms with Gasteiger partial charge in [0.2, 0.25) is 0 Å². The third-order valence-electron chi connectivity index (χ3n) is 4.54. The first-order valence-electron chi connectivity index (χ1n) is 8.13. The summed E-state index contributed by atoms with van der Waals surface area (Å²) in [5, 5.41) is 1.18. The van der Waals surface area contributed by atoms with Gasteiger partial charge < -0.3 is 14.4 Å². The van der Waals surface area contributed by atoms with E-state index in [1.807, 2.05) is 18.3 Å². The standard InChI is InChI=1S/C18H25N3O2/c1-14-13-19-17-15(5-4-6-16(17)23-3)18(14)21-9-7-20(8-10-21)11-12-22-2/h4-6,13H,7-12H2,1-3H3. The molecule has 3 rings (SSSR count). The molecule has 1 aliphatic rings. The van der Waals surface area contributed by atoms with Gasteiger partial charge in [-0.2, -0.15) is 0 Å². The van der Waals surface area contributed by atoms with Crippen molar-refractivity contribution in [2.45, 2.75) is 6.92 Å². The first-order valence-corrected chi connectivity index (χ1v) is 8.13. The summed E-state index contributed by atoms with van der Waals surface area (Å²) in [6.07, 6.45) is 1.96. The second-order valence-corrected chi connectivity index (χ2v) is 5.97. The van der Waals surface area contributed by atoms with Crippen LogP contribution in [-0.4, -0.2) is 63.4 Å². The summed E-state index contributed by atoms with van der Waals surface area (Å²) in [7, 11) is 3.46. The van der Waals surface area contributed by atoms with Gasteiger partial charge in [-0.1, -0.05) is 12.1 Å². The predicted octanol–water partition coefficient (Wildman–Crippen LogP) is 2.32. The maximum absolute atomic E-state index is 5.47. The molecule has 5 nitrogen and oxygen atoms in total. The molecule has 5 heteroatoms. The molecule has 1 saturated heterocycles. The Bertz CT molecular complexity index is 667. The summed E-state index contributed by atoms with van der Waals surface area (Å²) in [4.78, 5) is 9.52. The number of pyridine rings is 1. The van der Waals surface area contributed by atoms with Crippen molar-refractivity contribution in [2.75, 3.05) is 58.5 Å². The number of hydrogen-bond donors (Lipinski definition) is 0. The summed E-state index contributed by atoms with van der Waals surface area (Å²) in [6, 6.07) is 6.16. The molecule has 0 aliphatic carbocycles. The molecule has 0 N–H and O–H groups in total. The molecular formula is C18H25N3O2. The Kier molecular flexibility index (Phi) is 4.98. The van der Waals surface area contributed by atoms with Crippen molar-refractivity contribution >= 4 is 16.6 Å². The molecule has 124 valence electrons. The first-order chi connectivity index (χ1) is 11.2. The van der Waals surface area contributed by atoms with Crippen molar-refractivity contribution in [3.8, 4) is 5.75 Å². The number of fused-ring (bicyclic) bond motifs is 1. The Balaban J connectivity index is 1.87. The van der Waals surface area contributed by atoms with Gasteiger partial charge in [0.25, 0.3) is 0 Å². The van der Waals surface area contributed by atoms with Crippen LogP contribution in [0.3, 0.4) is 0 Å². The topological polar surface area (TPSA) is 37.8 Å². The van der Waals surface area contributed by atoms with Crippen LogP contribution in [0.2, 0.25) is 0 Å². The van der Waals surface area contributed by atoms with Crippen molar-refractivity contribution in [3.05, 3.63) is 30.0 Å². The second kappa shape index (κ2) is 7.15. The highest BCUT2D eigenvalue weighted by molar-refractivity contribution is 5.96. The highest BCUT2D eigenvalue weighted by atomic mass is 16.5. The zero-order valence-corrected chi connectivity index (χ0v) is 14.2. The van der Waals surface area contributed by atoms with E-state index in [0.717, 1.165) is 50.6 Å². The van der Waals surface area contributed by atoms with Crippen LogP contribution in [0.5, 0.6) is 5.75 Å². The zero-order valence-electron chi connectivity index (χ0n) is 14.2. The number of piperazine rings is 1. The van der Waals surface area contributed by atoms with Crippen LogP contribution in [0.15, 0.2) is 24.4 Å². The maximum Gasteiger partial charge on any atom is 0.145 e. The fraction of sp³-hybridized carbons (Fsp3) is 0.500. The lowest BCUT2D eigenvalue weighted by Crippen LogP contribution is -2.47. The number of ether oxygens (including phenoxy) is 2. The fourth-order valence-corrected chi connectivity index (χ4v) is 3.28. The summed E-state index contributed by atoms with van der Waals surface area (Å²) < 4.78 is 10.6. The smallest absolute Gasteiger partial charge is 0.145 e. The highest BCUT2D eigenvalue weighted by Crippen LogP contribution is 2.34. The van der Waals surface area contributed by atoms with E-state index in [9.17, 15) is 0 Å². The largest absolute Gasteiger partial charge is 0.494 e. The fourth-order valence-electron chi connectivity index (χ4n) is 3.28. The lowest BCUT2D eigenvalue weighted by atomic mass is 10.1. The number of rotatable bonds is 5. The van der Waals surface area contributed by atoms with Crippen LogP contribution >= 0.6 is 0 Å². The van der Waals surface area contributed by atoms with E-state index in [1.54, 1.807) is 14.2 Å². The van der Waals surface area contributed by atoms with Gasteiger partial charge in [-0.05, 0) is 18.6 Å². The predicted molar refractivity (Wildman–Crippen MR) is 93.6 cm³/mol. The summed E-state index contributed by atoms with van der Waals surface area (Å²) in [5.41, 5.74) is 3.45. The monoisotopic (exact) mass is 315 g/mol. The quantitative estimate of drug-likeness (QED) is 0.846. The Labute approximate surface area is 137 Å². The second-order valence-electron chi connectivity index (χ2n) is 5.97. The summed E-state index contributed by atoms with van der Waals surface area (Å²) in [6.45, 7) is 8.14. The molecule has 0 unspecified atom stereocenters. The molecule has 0 bridgehead atoms. The van der Waals surface area contributed by atoms with E-state index in [4.69, 9.17) is 9.47 Å². The van der Waals surface area contributed by atoms with Crippen LogP contribution in [0.1, 0.15) is 5.56 Å². The molecule has 0 atom stereocenters. The molecule has 23 heavy (non-hydrogen) atoms. The highest BCUT2D eigenvalue weighted by Gasteiger charge is 2.21. The SMILES string of the molecule is COCCN1CCN(c2c(C)cnc3c(OC)cccc23)CC1. The normalized spacial score (nSPS) is 16.0. The maximum atomic E-state index is 5.47. The minimum Gasteiger partial charge on any atom is -0.494 e. The number of methoxy groups -OCH3 is 2.